The van der Waals surface area contributed by atoms with Gasteiger partial charge in [-0.25, -0.2) is 18.4 Å². The Kier molecular flexibility index (Phi) is 6.86. The number of hydrogen-bond donors (Lipinski definition) is 1. The first-order valence-electron chi connectivity index (χ1n) is 10.6. The van der Waals surface area contributed by atoms with Crippen LogP contribution in [0.5, 0.6) is 5.75 Å². The number of carbonyl (C=O) groups is 2. The maximum atomic E-state index is 13.3. The van der Waals surface area contributed by atoms with E-state index in [1.165, 1.54) is 6.92 Å². The lowest BCUT2D eigenvalue weighted by Gasteiger charge is -2.08. The Hall–Kier alpha value is -3.76. The largest absolute Gasteiger partial charge is 0.494 e. The van der Waals surface area contributed by atoms with E-state index in [-0.39, 0.29) is 27.9 Å². The third-order valence-corrected chi connectivity index (χ3v) is 6.85. The molecule has 0 saturated heterocycles. The highest BCUT2D eigenvalue weighted by molar-refractivity contribution is 7.91. The van der Waals surface area contributed by atoms with E-state index in [1.54, 1.807) is 48.5 Å². The zero-order valence-electron chi connectivity index (χ0n) is 18.7. The number of nitrogens with zero attached hydrogens (tertiary/aromatic N) is 2. The molecule has 35 heavy (non-hydrogen) atoms. The minimum atomic E-state index is -3.78. The normalized spacial score (nSPS) is 11.4. The van der Waals surface area contributed by atoms with E-state index in [0.717, 1.165) is 6.20 Å². The SMILES string of the molecule is CCOc1ccc(C(=O)c2oc3ccccc3c2NC(=O)c2nc(S(=O)(=O)CC)ncc2Cl)cc1. The molecule has 1 N–H and O–H groups in total. The first kappa shape index (κ1) is 24.4. The van der Waals surface area contributed by atoms with Crippen molar-refractivity contribution in [2.45, 2.75) is 19.0 Å². The van der Waals surface area contributed by atoms with E-state index in [1.807, 2.05) is 6.92 Å². The van der Waals surface area contributed by atoms with Crippen molar-refractivity contribution in [2.24, 2.45) is 0 Å². The Bertz CT molecular complexity index is 1530. The molecule has 180 valence electrons. The van der Waals surface area contributed by atoms with Crippen molar-refractivity contribution in [1.29, 1.82) is 0 Å². The molecule has 11 heteroatoms. The summed E-state index contributed by atoms with van der Waals surface area (Å²) in [4.78, 5) is 34.0. The number of anilines is 1. The minimum absolute atomic E-state index is 0.102. The molecule has 0 atom stereocenters. The fraction of sp³-hybridized carbons (Fsp3) is 0.167. The number of benzene rings is 2. The van der Waals surface area contributed by atoms with Crippen LogP contribution in [0.15, 0.2) is 64.3 Å². The number of amides is 1. The molecule has 2 heterocycles. The van der Waals surface area contributed by atoms with Gasteiger partial charge in [-0.05, 0) is 43.3 Å². The quantitative estimate of drug-likeness (QED) is 0.268. The third kappa shape index (κ3) is 4.89. The Morgan fingerprint density at radius 1 is 1.09 bits per heavy atom. The van der Waals surface area contributed by atoms with Gasteiger partial charge in [-0.3, -0.25) is 9.59 Å². The predicted octanol–water partition coefficient (Wildman–Crippen LogP) is 4.55. The van der Waals surface area contributed by atoms with Crippen molar-refractivity contribution in [1.82, 2.24) is 9.97 Å². The second-order valence-electron chi connectivity index (χ2n) is 7.30. The number of rotatable bonds is 8. The molecule has 4 rings (SSSR count). The number of ether oxygens (including phenoxy) is 1. The van der Waals surface area contributed by atoms with Gasteiger partial charge in [-0.2, -0.15) is 0 Å². The molecule has 0 saturated carbocycles. The molecular formula is C24H20ClN3O6S. The molecule has 1 amide bonds. The van der Waals surface area contributed by atoms with Gasteiger partial charge in [0, 0.05) is 10.9 Å². The number of aromatic nitrogens is 2. The van der Waals surface area contributed by atoms with Crippen molar-refractivity contribution in [2.75, 3.05) is 17.7 Å². The van der Waals surface area contributed by atoms with E-state index in [0.29, 0.717) is 28.9 Å². The number of furan rings is 1. The highest BCUT2D eigenvalue weighted by atomic mass is 35.5. The summed E-state index contributed by atoms with van der Waals surface area (Å²) in [6.45, 7) is 3.77. The number of nitrogens with one attached hydrogen (secondary N) is 1. The molecule has 2 aromatic carbocycles. The van der Waals surface area contributed by atoms with Crippen molar-refractivity contribution < 1.29 is 27.2 Å². The molecule has 2 aromatic heterocycles. The molecule has 0 fully saturated rings. The summed E-state index contributed by atoms with van der Waals surface area (Å²) in [5, 5.41) is 2.43. The monoisotopic (exact) mass is 513 g/mol. The van der Waals surface area contributed by atoms with Crippen molar-refractivity contribution >= 4 is 49.8 Å². The minimum Gasteiger partial charge on any atom is -0.494 e. The number of sulfone groups is 1. The standard InChI is InChI=1S/C24H20ClN3O6S/c1-3-33-15-11-9-14(10-12-15)21(29)22-19(16-7-5-6-8-18(16)34-22)27-23(30)20-17(25)13-26-24(28-20)35(31,32)4-2/h5-13H,3-4H2,1-2H3,(H,27,30). The van der Waals surface area contributed by atoms with Gasteiger partial charge in [0.2, 0.25) is 20.8 Å². The molecule has 9 nitrogen and oxygen atoms in total. The molecule has 0 bridgehead atoms. The molecule has 0 radical (unpaired) electrons. The Balaban J connectivity index is 1.75. The maximum absolute atomic E-state index is 13.3. The van der Waals surface area contributed by atoms with Crippen LogP contribution >= 0.6 is 11.6 Å². The van der Waals surface area contributed by atoms with Crippen LogP contribution in [-0.4, -0.2) is 42.4 Å². The van der Waals surface area contributed by atoms with Crippen LogP contribution < -0.4 is 10.1 Å². The van der Waals surface area contributed by atoms with Crippen LogP contribution in [0.25, 0.3) is 11.0 Å². The van der Waals surface area contributed by atoms with Crippen LogP contribution in [0.3, 0.4) is 0 Å². The molecule has 4 aromatic rings. The second kappa shape index (κ2) is 9.85. The number of hydrogen-bond acceptors (Lipinski definition) is 8. The summed E-state index contributed by atoms with van der Waals surface area (Å²) in [5.74, 6) is -1.03. The number of carbonyl (C=O) groups excluding carboxylic acids is 2. The van der Waals surface area contributed by atoms with Gasteiger partial charge in [-0.15, -0.1) is 0 Å². The topological polar surface area (TPSA) is 128 Å². The van der Waals surface area contributed by atoms with E-state index < -0.39 is 26.7 Å². The molecule has 0 aliphatic heterocycles. The van der Waals surface area contributed by atoms with Crippen LogP contribution in [0.1, 0.15) is 40.5 Å². The molecule has 0 unspecified atom stereocenters. The second-order valence-corrected chi connectivity index (χ2v) is 9.87. The lowest BCUT2D eigenvalue weighted by molar-refractivity contribution is 0.101. The summed E-state index contributed by atoms with van der Waals surface area (Å²) in [5.41, 5.74) is 0.456. The fourth-order valence-corrected chi connectivity index (χ4v) is 4.17. The lowest BCUT2D eigenvalue weighted by Crippen LogP contribution is -2.19. The third-order valence-electron chi connectivity index (χ3n) is 5.06. The highest BCUT2D eigenvalue weighted by Crippen LogP contribution is 2.33. The Labute approximate surface area is 206 Å². The van der Waals surface area contributed by atoms with Gasteiger partial charge >= 0.3 is 0 Å². The Morgan fingerprint density at radius 3 is 2.49 bits per heavy atom. The van der Waals surface area contributed by atoms with Crippen molar-refractivity contribution in [3.05, 3.63) is 76.8 Å². The van der Waals surface area contributed by atoms with Crippen molar-refractivity contribution in [3.63, 3.8) is 0 Å². The fourth-order valence-electron chi connectivity index (χ4n) is 3.29. The summed E-state index contributed by atoms with van der Waals surface area (Å²) in [7, 11) is -3.78. The first-order chi connectivity index (χ1) is 16.7. The molecular weight excluding hydrogens is 494 g/mol. The van der Waals surface area contributed by atoms with Crippen molar-refractivity contribution in [3.8, 4) is 5.75 Å². The number of halogens is 1. The maximum Gasteiger partial charge on any atom is 0.276 e. The van der Waals surface area contributed by atoms with Gasteiger partial charge in [0.05, 0.1) is 29.3 Å². The zero-order valence-corrected chi connectivity index (χ0v) is 20.3. The molecule has 0 aliphatic carbocycles. The van der Waals surface area contributed by atoms with Crippen LogP contribution in [0, 0.1) is 0 Å². The molecule has 0 aliphatic rings. The average Bonchev–Trinajstić information content (AvgIpc) is 3.22. The van der Waals surface area contributed by atoms with Crippen LogP contribution in [-0.2, 0) is 9.84 Å². The average molecular weight is 514 g/mol. The van der Waals surface area contributed by atoms with Gasteiger partial charge in [-0.1, -0.05) is 30.7 Å². The zero-order chi connectivity index (χ0) is 25.2. The highest BCUT2D eigenvalue weighted by Gasteiger charge is 2.26. The van der Waals surface area contributed by atoms with Gasteiger partial charge in [0.1, 0.15) is 11.3 Å². The van der Waals surface area contributed by atoms with Gasteiger partial charge in [0.15, 0.2) is 11.5 Å². The van der Waals surface area contributed by atoms with Gasteiger partial charge < -0.3 is 14.5 Å². The Morgan fingerprint density at radius 2 is 1.80 bits per heavy atom. The van der Waals surface area contributed by atoms with E-state index in [4.69, 9.17) is 20.8 Å². The van der Waals surface area contributed by atoms with E-state index in [2.05, 4.69) is 15.3 Å². The van der Waals surface area contributed by atoms with Crippen LogP contribution in [0.4, 0.5) is 5.69 Å². The number of ketones is 1. The summed E-state index contributed by atoms with van der Waals surface area (Å²) >= 11 is 6.10. The smallest absolute Gasteiger partial charge is 0.276 e. The van der Waals surface area contributed by atoms with Crippen LogP contribution in [0.2, 0.25) is 5.02 Å². The number of fused-ring (bicyclic) bond motifs is 1. The van der Waals surface area contributed by atoms with E-state index in [9.17, 15) is 18.0 Å². The number of para-hydroxylation sites is 1. The lowest BCUT2D eigenvalue weighted by atomic mass is 10.1. The van der Waals surface area contributed by atoms with Gasteiger partial charge in [0.25, 0.3) is 5.91 Å². The first-order valence-corrected chi connectivity index (χ1v) is 12.6. The summed E-state index contributed by atoms with van der Waals surface area (Å²) in [6, 6.07) is 13.3. The summed E-state index contributed by atoms with van der Waals surface area (Å²) in [6.07, 6.45) is 1.05. The van der Waals surface area contributed by atoms with E-state index >= 15 is 0 Å². The predicted molar refractivity (Wildman–Crippen MR) is 130 cm³/mol. The summed E-state index contributed by atoms with van der Waals surface area (Å²) < 4.78 is 35.6. The molecule has 0 spiro atoms.